The standard InChI is InChI=1S/C25H22ClF3N2O4/c26-18-7-9-20-21(15-18)35-25(34-20,24(27,28)29)30-23(32)19-8-6-17(14-16-4-2-1-3-5-16)22(19)31-10-12-33-13-11-31/h1-5,7,9,14-15H,6,8,10-13H2,(H,30,32)/b17-14+. The zero-order chi connectivity index (χ0) is 24.6. The number of morpholine rings is 1. The lowest BCUT2D eigenvalue weighted by molar-refractivity contribution is -0.319. The molecule has 3 aliphatic rings. The number of halogens is 4. The van der Waals surface area contributed by atoms with E-state index in [0.29, 0.717) is 38.4 Å². The van der Waals surface area contributed by atoms with Gasteiger partial charge in [0.15, 0.2) is 11.5 Å². The third-order valence-corrected chi connectivity index (χ3v) is 6.28. The molecule has 1 N–H and O–H groups in total. The molecule has 0 aromatic heterocycles. The van der Waals surface area contributed by atoms with E-state index in [1.165, 1.54) is 18.2 Å². The topological polar surface area (TPSA) is 60.0 Å². The number of nitrogens with one attached hydrogen (secondary N) is 1. The van der Waals surface area contributed by atoms with E-state index in [2.05, 4.69) is 0 Å². The molecule has 2 aromatic carbocycles. The molecule has 2 aromatic rings. The van der Waals surface area contributed by atoms with Crippen LogP contribution in [0.4, 0.5) is 13.2 Å². The number of alkyl halides is 3. The Kier molecular flexibility index (Phi) is 6.14. The number of rotatable bonds is 4. The Morgan fingerprint density at radius 1 is 1.03 bits per heavy atom. The first-order valence-corrected chi connectivity index (χ1v) is 11.5. The maximum absolute atomic E-state index is 14.2. The molecule has 0 bridgehead atoms. The van der Waals surface area contributed by atoms with Gasteiger partial charge in [0, 0.05) is 35.4 Å². The SMILES string of the molecule is O=C(NC1(C(F)(F)F)Oc2ccc(Cl)cc2O1)C1=C(N2CCOCC2)/C(=C/c2ccccc2)CC1. The van der Waals surface area contributed by atoms with Crippen molar-refractivity contribution in [2.75, 3.05) is 26.3 Å². The van der Waals surface area contributed by atoms with Gasteiger partial charge in [-0.05, 0) is 42.2 Å². The highest BCUT2D eigenvalue weighted by Gasteiger charge is 2.66. The molecule has 1 aliphatic carbocycles. The smallest absolute Gasteiger partial charge is 0.424 e. The highest BCUT2D eigenvalue weighted by molar-refractivity contribution is 6.30. The van der Waals surface area contributed by atoms with E-state index < -0.39 is 18.0 Å². The number of hydrogen-bond acceptors (Lipinski definition) is 5. The molecule has 0 spiro atoms. The van der Waals surface area contributed by atoms with Crippen molar-refractivity contribution in [1.29, 1.82) is 0 Å². The summed E-state index contributed by atoms with van der Waals surface area (Å²) in [6.45, 7) is 1.98. The van der Waals surface area contributed by atoms with Crippen LogP contribution in [0.3, 0.4) is 0 Å². The second-order valence-corrected chi connectivity index (χ2v) is 8.81. The highest BCUT2D eigenvalue weighted by Crippen LogP contribution is 2.46. The van der Waals surface area contributed by atoms with Gasteiger partial charge < -0.3 is 19.1 Å². The van der Waals surface area contributed by atoms with Gasteiger partial charge in [-0.2, -0.15) is 13.2 Å². The molecule has 184 valence electrons. The van der Waals surface area contributed by atoms with Crippen molar-refractivity contribution in [2.24, 2.45) is 0 Å². The second-order valence-electron chi connectivity index (χ2n) is 8.37. The monoisotopic (exact) mass is 506 g/mol. The molecular weight excluding hydrogens is 485 g/mol. The van der Waals surface area contributed by atoms with Crippen LogP contribution in [-0.2, 0) is 9.53 Å². The Hall–Kier alpha value is -3.17. The van der Waals surface area contributed by atoms with Crippen LogP contribution in [-0.4, -0.2) is 49.2 Å². The summed E-state index contributed by atoms with van der Waals surface area (Å²) in [6, 6.07) is 13.4. The summed E-state index contributed by atoms with van der Waals surface area (Å²) in [5.41, 5.74) is 2.70. The van der Waals surface area contributed by atoms with Crippen molar-refractivity contribution in [2.45, 2.75) is 24.9 Å². The maximum Gasteiger partial charge on any atom is 0.492 e. The first-order chi connectivity index (χ1) is 16.8. The number of benzene rings is 2. The zero-order valence-corrected chi connectivity index (χ0v) is 19.3. The number of carbonyl (C=O) groups is 1. The van der Waals surface area contributed by atoms with Gasteiger partial charge in [0.1, 0.15) is 0 Å². The second kappa shape index (κ2) is 9.13. The predicted octanol–water partition coefficient (Wildman–Crippen LogP) is 4.91. The number of allylic oxidation sites excluding steroid dienone is 1. The van der Waals surface area contributed by atoms with Crippen LogP contribution in [0.5, 0.6) is 11.5 Å². The van der Waals surface area contributed by atoms with Crippen molar-refractivity contribution >= 4 is 23.6 Å². The van der Waals surface area contributed by atoms with Crippen LogP contribution in [0.15, 0.2) is 65.4 Å². The van der Waals surface area contributed by atoms with Gasteiger partial charge in [-0.15, -0.1) is 0 Å². The molecular formula is C25H22ClF3N2O4. The third kappa shape index (κ3) is 4.58. The summed E-state index contributed by atoms with van der Waals surface area (Å²) in [4.78, 5) is 15.4. The van der Waals surface area contributed by atoms with Crippen molar-refractivity contribution in [3.8, 4) is 11.5 Å². The summed E-state index contributed by atoms with van der Waals surface area (Å²) in [5, 5.41) is 2.18. The fourth-order valence-electron chi connectivity index (χ4n) is 4.42. The van der Waals surface area contributed by atoms with Gasteiger partial charge in [-0.25, -0.2) is 0 Å². The number of ether oxygens (including phenoxy) is 3. The number of amides is 1. The molecule has 10 heteroatoms. The Balaban J connectivity index is 1.50. The van der Waals surface area contributed by atoms with E-state index >= 15 is 0 Å². The fourth-order valence-corrected chi connectivity index (χ4v) is 4.58. The molecule has 5 rings (SSSR count). The Morgan fingerprint density at radius 3 is 2.46 bits per heavy atom. The van der Waals surface area contributed by atoms with E-state index in [-0.39, 0.29) is 28.5 Å². The van der Waals surface area contributed by atoms with Gasteiger partial charge in [-0.3, -0.25) is 10.1 Å². The van der Waals surface area contributed by atoms with Gasteiger partial charge in [0.05, 0.1) is 13.2 Å². The predicted molar refractivity (Wildman–Crippen MR) is 123 cm³/mol. The minimum absolute atomic E-state index is 0.162. The molecule has 2 heterocycles. The van der Waals surface area contributed by atoms with Crippen molar-refractivity contribution in [1.82, 2.24) is 10.2 Å². The third-order valence-electron chi connectivity index (χ3n) is 6.04. The molecule has 1 saturated heterocycles. The molecule has 1 atom stereocenters. The van der Waals surface area contributed by atoms with E-state index in [4.69, 9.17) is 25.8 Å². The lowest BCUT2D eigenvalue weighted by atomic mass is 10.1. The molecule has 2 aliphatic heterocycles. The van der Waals surface area contributed by atoms with Gasteiger partial charge in [-0.1, -0.05) is 41.9 Å². The summed E-state index contributed by atoms with van der Waals surface area (Å²) in [6.07, 6.45) is -2.30. The maximum atomic E-state index is 14.2. The molecule has 6 nitrogen and oxygen atoms in total. The first kappa shape index (κ1) is 23.6. The minimum Gasteiger partial charge on any atom is -0.424 e. The van der Waals surface area contributed by atoms with Crippen molar-refractivity contribution < 1.29 is 32.2 Å². The Labute approximate surface area is 204 Å². The zero-order valence-electron chi connectivity index (χ0n) is 18.5. The number of carbonyl (C=O) groups excluding carboxylic acids is 1. The van der Waals surface area contributed by atoms with Crippen LogP contribution < -0.4 is 14.8 Å². The van der Waals surface area contributed by atoms with E-state index in [1.54, 1.807) is 0 Å². The number of fused-ring (bicyclic) bond motifs is 1. The van der Waals surface area contributed by atoms with E-state index in [1.807, 2.05) is 46.6 Å². The average Bonchev–Trinajstić information content (AvgIpc) is 3.41. The summed E-state index contributed by atoms with van der Waals surface area (Å²) in [7, 11) is 0. The largest absolute Gasteiger partial charge is 0.492 e. The summed E-state index contributed by atoms with van der Waals surface area (Å²) >= 11 is 5.89. The van der Waals surface area contributed by atoms with Gasteiger partial charge >= 0.3 is 12.1 Å². The minimum atomic E-state index is -5.06. The quantitative estimate of drug-likeness (QED) is 0.639. The average molecular weight is 507 g/mol. The Morgan fingerprint density at radius 2 is 1.74 bits per heavy atom. The fraction of sp³-hybridized carbons (Fsp3) is 0.320. The van der Waals surface area contributed by atoms with Gasteiger partial charge in [0.25, 0.3) is 5.91 Å². The van der Waals surface area contributed by atoms with Gasteiger partial charge in [0.2, 0.25) is 0 Å². The van der Waals surface area contributed by atoms with Crippen LogP contribution in [0.25, 0.3) is 6.08 Å². The molecule has 1 unspecified atom stereocenters. The lowest BCUT2D eigenvalue weighted by Crippen LogP contribution is -2.65. The van der Waals surface area contributed by atoms with Crippen LogP contribution in [0, 0.1) is 0 Å². The number of hydrogen-bond donors (Lipinski definition) is 1. The number of nitrogens with zero attached hydrogens (tertiary/aromatic N) is 1. The molecule has 0 radical (unpaired) electrons. The Bertz CT molecular complexity index is 1190. The summed E-state index contributed by atoms with van der Waals surface area (Å²) < 4.78 is 58.3. The highest BCUT2D eigenvalue weighted by atomic mass is 35.5. The first-order valence-electron chi connectivity index (χ1n) is 11.1. The normalized spacial score (nSPS) is 23.2. The summed E-state index contributed by atoms with van der Waals surface area (Å²) in [5.74, 6) is -4.62. The van der Waals surface area contributed by atoms with Crippen LogP contribution >= 0.6 is 11.6 Å². The van der Waals surface area contributed by atoms with E-state index in [0.717, 1.165) is 11.1 Å². The van der Waals surface area contributed by atoms with E-state index in [9.17, 15) is 18.0 Å². The molecule has 1 amide bonds. The molecule has 35 heavy (non-hydrogen) atoms. The lowest BCUT2D eigenvalue weighted by Gasteiger charge is -2.33. The van der Waals surface area contributed by atoms with Crippen LogP contribution in [0.1, 0.15) is 18.4 Å². The van der Waals surface area contributed by atoms with Crippen molar-refractivity contribution in [3.63, 3.8) is 0 Å². The molecule has 1 fully saturated rings. The molecule has 0 saturated carbocycles. The van der Waals surface area contributed by atoms with Crippen LogP contribution in [0.2, 0.25) is 5.02 Å². The van der Waals surface area contributed by atoms with Crippen molar-refractivity contribution in [3.05, 3.63) is 76.0 Å².